The summed E-state index contributed by atoms with van der Waals surface area (Å²) in [5, 5.41) is 18.1. The van der Waals surface area contributed by atoms with Crippen molar-refractivity contribution in [2.75, 3.05) is 6.54 Å². The van der Waals surface area contributed by atoms with Crippen LogP contribution in [-0.2, 0) is 13.5 Å². The monoisotopic (exact) mass is 463 g/mol. The summed E-state index contributed by atoms with van der Waals surface area (Å²) in [7, 11) is 1.79. The number of fused-ring (bicyclic) bond motifs is 1. The molecule has 1 atom stereocenters. The zero-order valence-electron chi connectivity index (χ0n) is 18.8. The molecule has 2 aliphatic rings. The van der Waals surface area contributed by atoms with Gasteiger partial charge in [0.05, 0.1) is 35.2 Å². The number of nitrogens with zero attached hydrogens (tertiary/aromatic N) is 8. The van der Waals surface area contributed by atoms with Gasteiger partial charge in [0, 0.05) is 38.1 Å². The summed E-state index contributed by atoms with van der Waals surface area (Å²) in [5.41, 5.74) is 3.24. The number of H-pyrrole nitrogens is 1. The summed E-state index contributed by atoms with van der Waals surface area (Å²) < 4.78 is 21.5. The highest BCUT2D eigenvalue weighted by Crippen LogP contribution is 2.29. The maximum Gasteiger partial charge on any atom is 0.312 e. The van der Waals surface area contributed by atoms with Gasteiger partial charge >= 0.3 is 11.8 Å². The van der Waals surface area contributed by atoms with E-state index in [2.05, 4.69) is 30.4 Å². The van der Waals surface area contributed by atoms with Gasteiger partial charge in [0.1, 0.15) is 11.9 Å². The number of carbonyl (C=O) groups excluding carboxylic acids is 1. The van der Waals surface area contributed by atoms with Crippen LogP contribution in [0.15, 0.2) is 58.0 Å². The fourth-order valence-electron chi connectivity index (χ4n) is 4.03. The zero-order chi connectivity index (χ0) is 23.8. The third kappa shape index (κ3) is 3.72. The second kappa shape index (κ2) is 8.54. The molecule has 0 spiro atoms. The highest BCUT2D eigenvalue weighted by molar-refractivity contribution is 5.92. The number of carbonyl (C=O) groups is 1. The van der Waals surface area contributed by atoms with Crippen molar-refractivity contribution in [3.8, 4) is 11.5 Å². The van der Waals surface area contributed by atoms with Gasteiger partial charge in [-0.1, -0.05) is 6.08 Å². The summed E-state index contributed by atoms with van der Waals surface area (Å²) in [5.74, 6) is -0.771. The Morgan fingerprint density at radius 3 is 3.00 bits per heavy atom. The number of amides is 1. The normalized spacial score (nSPS) is 19.2. The minimum atomic E-state index is -0.613. The maximum atomic E-state index is 14.2. The van der Waals surface area contributed by atoms with Gasteiger partial charge in [-0.25, -0.2) is 14.4 Å². The van der Waals surface area contributed by atoms with Gasteiger partial charge in [0.2, 0.25) is 0 Å². The molecular weight excluding hydrogens is 441 g/mol. The Balaban J connectivity index is 1.45. The molecule has 5 heterocycles. The van der Waals surface area contributed by atoms with E-state index in [1.807, 2.05) is 6.92 Å². The molecule has 1 N–H and O–H groups in total. The molecule has 0 bridgehead atoms. The number of aromatic nitrogens is 6. The summed E-state index contributed by atoms with van der Waals surface area (Å²) >= 11 is 0. The highest BCUT2D eigenvalue weighted by atomic mass is 19.1. The van der Waals surface area contributed by atoms with Crippen molar-refractivity contribution >= 4 is 12.1 Å². The number of allylic oxidation sites excluding steroid dienone is 4. The second-order valence-corrected chi connectivity index (χ2v) is 7.81. The first-order valence-electron chi connectivity index (χ1n) is 10.7. The van der Waals surface area contributed by atoms with E-state index in [0.29, 0.717) is 35.6 Å². The largest absolute Gasteiger partial charge is 0.412 e. The second-order valence-electron chi connectivity index (χ2n) is 7.81. The molecule has 0 saturated heterocycles. The Bertz CT molecular complexity index is 1360. The number of nitrogens with one attached hydrogen (secondary N) is 1. The first kappa shape index (κ1) is 21.5. The van der Waals surface area contributed by atoms with E-state index in [0.717, 1.165) is 5.69 Å². The number of aryl methyl sites for hydroxylation is 2. The Hall–Kier alpha value is -4.35. The molecule has 12 heteroatoms. The third-order valence-electron chi connectivity index (χ3n) is 5.65. The topological polar surface area (TPSA) is 121 Å². The Kier molecular flexibility index (Phi) is 5.40. The van der Waals surface area contributed by atoms with Gasteiger partial charge in [0.15, 0.2) is 0 Å². The lowest BCUT2D eigenvalue weighted by molar-refractivity contribution is 0.0672. The van der Waals surface area contributed by atoms with Crippen LogP contribution in [0.25, 0.3) is 11.5 Å². The average molecular weight is 463 g/mol. The van der Waals surface area contributed by atoms with Gasteiger partial charge < -0.3 is 14.3 Å². The molecule has 0 aliphatic carbocycles. The fourth-order valence-corrected chi connectivity index (χ4v) is 4.03. The van der Waals surface area contributed by atoms with Gasteiger partial charge in [-0.2, -0.15) is 10.2 Å². The van der Waals surface area contributed by atoms with E-state index in [1.165, 1.54) is 11.1 Å². The van der Waals surface area contributed by atoms with E-state index >= 15 is 0 Å². The lowest BCUT2D eigenvalue weighted by Gasteiger charge is -2.32. The predicted molar refractivity (Wildman–Crippen MR) is 120 cm³/mol. The van der Waals surface area contributed by atoms with E-state index in [4.69, 9.17) is 4.42 Å². The number of hydrogen-bond donors (Lipinski definition) is 1. The van der Waals surface area contributed by atoms with Crippen LogP contribution in [0.5, 0.6) is 0 Å². The molecule has 5 rings (SSSR count). The van der Waals surface area contributed by atoms with Crippen LogP contribution in [-0.4, -0.2) is 58.5 Å². The summed E-state index contributed by atoms with van der Waals surface area (Å²) in [6.07, 6.45) is 11.6. The standard InChI is InChI=1S/C22H22FN9O2/c1-4-17-15(23)6-5-8-32(17)26-10-18-19-16(24-12-25-19)7-9-31(18)22(33)21-28-27-20(34-21)14-11-30(3)29-13(14)2/h4-6,8,10-12,18H,7,9H2,1-3H3,(H,24,25)/b17-4-,26-10+/t18-/m0/s1. The number of rotatable bonds is 4. The van der Waals surface area contributed by atoms with Crippen LogP contribution in [0, 0.1) is 6.92 Å². The number of hydrazone groups is 1. The van der Waals surface area contributed by atoms with Crippen molar-refractivity contribution in [1.82, 2.24) is 39.9 Å². The Morgan fingerprint density at radius 2 is 2.24 bits per heavy atom. The molecule has 0 aromatic carbocycles. The first-order chi connectivity index (χ1) is 16.5. The van der Waals surface area contributed by atoms with Crippen molar-refractivity contribution in [2.24, 2.45) is 12.1 Å². The van der Waals surface area contributed by atoms with Crippen LogP contribution in [0.2, 0.25) is 0 Å². The van der Waals surface area contributed by atoms with Crippen LogP contribution in [0.1, 0.15) is 40.7 Å². The molecule has 3 aromatic rings. The zero-order valence-corrected chi connectivity index (χ0v) is 18.8. The van der Waals surface area contributed by atoms with Crippen LogP contribution >= 0.6 is 0 Å². The summed E-state index contributed by atoms with van der Waals surface area (Å²) in [6, 6.07) is -0.613. The molecule has 0 fully saturated rings. The third-order valence-corrected chi connectivity index (χ3v) is 5.65. The van der Waals surface area contributed by atoms with E-state index in [9.17, 15) is 9.18 Å². The SMILES string of the molecule is C/C=C1/C(F)=CC=CN1/N=C/[C@H]1c2nc[nH]c2CCN1C(=O)c1nnc(-c2cn(C)nc2C)o1. The van der Waals surface area contributed by atoms with Gasteiger partial charge in [0.25, 0.3) is 5.89 Å². The molecule has 11 nitrogen and oxygen atoms in total. The maximum absolute atomic E-state index is 14.2. The molecule has 2 aliphatic heterocycles. The van der Waals surface area contributed by atoms with Crippen LogP contribution in [0.4, 0.5) is 4.39 Å². The molecule has 0 radical (unpaired) electrons. The number of imidazole rings is 1. The molecule has 174 valence electrons. The summed E-state index contributed by atoms with van der Waals surface area (Å²) in [6.45, 7) is 3.93. The molecule has 1 amide bonds. The molecule has 3 aromatic heterocycles. The lowest BCUT2D eigenvalue weighted by atomic mass is 10.0. The van der Waals surface area contributed by atoms with Crippen molar-refractivity contribution in [3.05, 3.63) is 71.4 Å². The van der Waals surface area contributed by atoms with Crippen molar-refractivity contribution in [2.45, 2.75) is 26.3 Å². The predicted octanol–water partition coefficient (Wildman–Crippen LogP) is 2.81. The fraction of sp³-hybridized carbons (Fsp3) is 0.273. The number of halogens is 1. The Labute approximate surface area is 194 Å². The van der Waals surface area contributed by atoms with Gasteiger partial charge in [-0.15, -0.1) is 10.2 Å². The summed E-state index contributed by atoms with van der Waals surface area (Å²) in [4.78, 5) is 22.5. The Morgan fingerprint density at radius 1 is 1.38 bits per heavy atom. The van der Waals surface area contributed by atoms with Crippen molar-refractivity contribution in [1.29, 1.82) is 0 Å². The van der Waals surface area contributed by atoms with Crippen molar-refractivity contribution < 1.29 is 13.6 Å². The highest BCUT2D eigenvalue weighted by Gasteiger charge is 2.35. The van der Waals surface area contributed by atoms with E-state index < -0.39 is 17.8 Å². The van der Waals surface area contributed by atoms with E-state index in [1.54, 1.807) is 60.6 Å². The van der Waals surface area contributed by atoms with E-state index in [-0.39, 0.29) is 11.8 Å². The number of hydrogen-bond acceptors (Lipinski definition) is 8. The van der Waals surface area contributed by atoms with Gasteiger partial charge in [-0.05, 0) is 26.0 Å². The van der Waals surface area contributed by atoms with Crippen LogP contribution < -0.4 is 0 Å². The van der Waals surface area contributed by atoms with Crippen LogP contribution in [0.3, 0.4) is 0 Å². The molecule has 0 saturated carbocycles. The minimum absolute atomic E-state index is 0.142. The minimum Gasteiger partial charge on any atom is -0.412 e. The molecule has 0 unspecified atom stereocenters. The van der Waals surface area contributed by atoms with Gasteiger partial charge in [-0.3, -0.25) is 9.48 Å². The van der Waals surface area contributed by atoms with Crippen molar-refractivity contribution in [3.63, 3.8) is 0 Å². The molecular formula is C22H22FN9O2. The first-order valence-corrected chi connectivity index (χ1v) is 10.7. The number of aromatic amines is 1. The quantitative estimate of drug-likeness (QED) is 0.591. The molecule has 34 heavy (non-hydrogen) atoms. The smallest absolute Gasteiger partial charge is 0.312 e. The lowest BCUT2D eigenvalue weighted by Crippen LogP contribution is -2.41. The average Bonchev–Trinajstić information content (AvgIpc) is 3.56.